The molecule has 0 spiro atoms. The Kier molecular flexibility index (Phi) is 3.47. The molecule has 2 aromatic rings. The third-order valence-electron chi connectivity index (χ3n) is 3.34. The Morgan fingerprint density at radius 1 is 1.58 bits per heavy atom. The molecular formula is C13H12BrNO3S. The summed E-state index contributed by atoms with van der Waals surface area (Å²) in [6, 6.07) is 3.17. The number of aliphatic carboxylic acids is 1. The Labute approximate surface area is 122 Å². The van der Waals surface area contributed by atoms with Crippen LogP contribution in [0.1, 0.15) is 22.2 Å². The number of nitrogens with zero attached hydrogens (tertiary/aromatic N) is 1. The van der Waals surface area contributed by atoms with Crippen LogP contribution in [0, 0.1) is 0 Å². The summed E-state index contributed by atoms with van der Waals surface area (Å²) >= 11 is 5.05. The molecule has 6 heteroatoms. The number of thiophene rings is 1. The summed E-state index contributed by atoms with van der Waals surface area (Å²) in [4.78, 5) is 14.7. The van der Waals surface area contributed by atoms with Crippen molar-refractivity contribution in [2.75, 3.05) is 6.54 Å². The van der Waals surface area contributed by atoms with E-state index in [1.807, 2.05) is 22.4 Å². The normalized spacial score (nSPS) is 19.3. The van der Waals surface area contributed by atoms with Gasteiger partial charge in [0.25, 0.3) is 0 Å². The molecule has 0 aliphatic carbocycles. The number of hydrogen-bond acceptors (Lipinski definition) is 4. The molecule has 2 aromatic heterocycles. The smallest absolute Gasteiger partial charge is 0.325 e. The van der Waals surface area contributed by atoms with Crippen molar-refractivity contribution < 1.29 is 14.3 Å². The van der Waals surface area contributed by atoms with E-state index in [0.717, 1.165) is 28.8 Å². The maximum absolute atomic E-state index is 11.6. The standard InChI is InChI=1S/C13H12BrNO3S/c14-9-2-5-18-10(9)7-15-4-1-11-8(3-6-19-11)12(15)13(16)17/h2-3,5-6,12H,1,4,7H2,(H,16,17). The quantitative estimate of drug-likeness (QED) is 0.930. The average molecular weight is 342 g/mol. The van der Waals surface area contributed by atoms with Crippen molar-refractivity contribution in [3.63, 3.8) is 0 Å². The predicted molar refractivity (Wildman–Crippen MR) is 75.2 cm³/mol. The SMILES string of the molecule is O=C(O)C1c2ccsc2CCN1Cc1occc1Br. The fourth-order valence-electron chi connectivity index (χ4n) is 2.45. The minimum absolute atomic E-state index is 0.500. The molecule has 1 N–H and O–H groups in total. The number of carboxylic acid groups (broad SMARTS) is 1. The van der Waals surface area contributed by atoms with Gasteiger partial charge in [0.1, 0.15) is 11.8 Å². The number of fused-ring (bicyclic) bond motifs is 1. The molecule has 0 amide bonds. The molecule has 0 saturated heterocycles. The van der Waals surface area contributed by atoms with E-state index in [1.165, 1.54) is 4.88 Å². The first-order valence-electron chi connectivity index (χ1n) is 5.92. The number of carbonyl (C=O) groups is 1. The summed E-state index contributed by atoms with van der Waals surface area (Å²) < 4.78 is 6.27. The molecule has 1 atom stereocenters. The molecule has 100 valence electrons. The van der Waals surface area contributed by atoms with E-state index in [0.29, 0.717) is 6.54 Å². The lowest BCUT2D eigenvalue weighted by molar-refractivity contribution is -0.144. The van der Waals surface area contributed by atoms with Crippen LogP contribution in [0.15, 0.2) is 32.7 Å². The van der Waals surface area contributed by atoms with Gasteiger partial charge in [0, 0.05) is 11.4 Å². The Morgan fingerprint density at radius 3 is 3.11 bits per heavy atom. The molecule has 1 aliphatic rings. The second kappa shape index (κ2) is 5.11. The van der Waals surface area contributed by atoms with Gasteiger partial charge >= 0.3 is 5.97 Å². The molecule has 19 heavy (non-hydrogen) atoms. The van der Waals surface area contributed by atoms with Crippen LogP contribution in [0.2, 0.25) is 0 Å². The highest BCUT2D eigenvalue weighted by Crippen LogP contribution is 2.35. The summed E-state index contributed by atoms with van der Waals surface area (Å²) in [6.45, 7) is 1.23. The molecule has 4 nitrogen and oxygen atoms in total. The van der Waals surface area contributed by atoms with Crippen LogP contribution in [-0.4, -0.2) is 22.5 Å². The summed E-state index contributed by atoms with van der Waals surface area (Å²) in [5.41, 5.74) is 0.923. The highest BCUT2D eigenvalue weighted by atomic mass is 79.9. The molecule has 1 aliphatic heterocycles. The van der Waals surface area contributed by atoms with E-state index in [4.69, 9.17) is 4.42 Å². The molecule has 0 bridgehead atoms. The van der Waals surface area contributed by atoms with Crippen LogP contribution in [0.3, 0.4) is 0 Å². The third-order valence-corrected chi connectivity index (χ3v) is 5.04. The number of rotatable bonds is 3. The molecular weight excluding hydrogens is 330 g/mol. The van der Waals surface area contributed by atoms with E-state index in [-0.39, 0.29) is 0 Å². The average Bonchev–Trinajstić information content (AvgIpc) is 2.98. The predicted octanol–water partition coefficient (Wildman–Crippen LogP) is 3.29. The third kappa shape index (κ3) is 2.35. The second-order valence-electron chi connectivity index (χ2n) is 4.45. The Bertz CT molecular complexity index is 607. The zero-order valence-electron chi connectivity index (χ0n) is 10.0. The van der Waals surface area contributed by atoms with Gasteiger partial charge in [0.2, 0.25) is 0 Å². The van der Waals surface area contributed by atoms with Crippen LogP contribution in [-0.2, 0) is 17.8 Å². The largest absolute Gasteiger partial charge is 0.480 e. The number of halogens is 1. The number of furan rings is 1. The molecule has 0 fully saturated rings. The summed E-state index contributed by atoms with van der Waals surface area (Å²) in [5, 5.41) is 11.5. The van der Waals surface area contributed by atoms with Crippen molar-refractivity contribution in [1.29, 1.82) is 0 Å². The van der Waals surface area contributed by atoms with E-state index < -0.39 is 12.0 Å². The summed E-state index contributed by atoms with van der Waals surface area (Å²) in [7, 11) is 0. The van der Waals surface area contributed by atoms with Crippen molar-refractivity contribution in [3.8, 4) is 0 Å². The van der Waals surface area contributed by atoms with E-state index >= 15 is 0 Å². The van der Waals surface area contributed by atoms with Crippen molar-refractivity contribution in [2.45, 2.75) is 19.0 Å². The molecule has 3 rings (SSSR count). The highest BCUT2D eigenvalue weighted by Gasteiger charge is 2.34. The van der Waals surface area contributed by atoms with Crippen molar-refractivity contribution in [3.05, 3.63) is 44.4 Å². The van der Waals surface area contributed by atoms with Gasteiger partial charge in [-0.15, -0.1) is 11.3 Å². The summed E-state index contributed by atoms with van der Waals surface area (Å²) in [6.07, 6.45) is 2.50. The minimum atomic E-state index is -0.804. The van der Waals surface area contributed by atoms with Crippen LogP contribution in [0.25, 0.3) is 0 Å². The lowest BCUT2D eigenvalue weighted by Crippen LogP contribution is -2.38. The van der Waals surface area contributed by atoms with Crippen LogP contribution >= 0.6 is 27.3 Å². The van der Waals surface area contributed by atoms with Crippen molar-refractivity contribution in [1.82, 2.24) is 4.90 Å². The number of hydrogen-bond donors (Lipinski definition) is 1. The lowest BCUT2D eigenvalue weighted by Gasteiger charge is -2.32. The first-order valence-corrected chi connectivity index (χ1v) is 7.59. The van der Waals surface area contributed by atoms with E-state index in [1.54, 1.807) is 17.6 Å². The Morgan fingerprint density at radius 2 is 2.42 bits per heavy atom. The number of carboxylic acids is 1. The maximum atomic E-state index is 11.6. The lowest BCUT2D eigenvalue weighted by atomic mass is 10.00. The summed E-state index contributed by atoms with van der Waals surface area (Å²) in [5.74, 6) is -0.0352. The van der Waals surface area contributed by atoms with Gasteiger partial charge in [-0.2, -0.15) is 0 Å². The maximum Gasteiger partial charge on any atom is 0.325 e. The molecule has 0 radical (unpaired) electrons. The van der Waals surface area contributed by atoms with Crippen LogP contribution < -0.4 is 0 Å². The zero-order chi connectivity index (χ0) is 13.4. The van der Waals surface area contributed by atoms with Gasteiger partial charge in [-0.05, 0) is 45.4 Å². The second-order valence-corrected chi connectivity index (χ2v) is 6.31. The fraction of sp³-hybridized carbons (Fsp3) is 0.308. The topological polar surface area (TPSA) is 53.7 Å². The fourth-order valence-corrected chi connectivity index (χ4v) is 3.68. The van der Waals surface area contributed by atoms with Gasteiger partial charge in [-0.25, -0.2) is 0 Å². The van der Waals surface area contributed by atoms with Crippen LogP contribution in [0.4, 0.5) is 0 Å². The monoisotopic (exact) mass is 341 g/mol. The van der Waals surface area contributed by atoms with E-state index in [2.05, 4.69) is 15.9 Å². The molecule has 0 saturated carbocycles. The van der Waals surface area contributed by atoms with Crippen LogP contribution in [0.5, 0.6) is 0 Å². The molecule has 0 aromatic carbocycles. The molecule has 3 heterocycles. The van der Waals surface area contributed by atoms with Gasteiger partial charge in [-0.3, -0.25) is 9.69 Å². The highest BCUT2D eigenvalue weighted by molar-refractivity contribution is 9.10. The van der Waals surface area contributed by atoms with Gasteiger partial charge < -0.3 is 9.52 Å². The zero-order valence-corrected chi connectivity index (χ0v) is 12.4. The minimum Gasteiger partial charge on any atom is -0.480 e. The van der Waals surface area contributed by atoms with Gasteiger partial charge in [0.05, 0.1) is 17.3 Å². The van der Waals surface area contributed by atoms with Gasteiger partial charge in [-0.1, -0.05) is 0 Å². The molecule has 1 unspecified atom stereocenters. The van der Waals surface area contributed by atoms with E-state index in [9.17, 15) is 9.90 Å². The first-order chi connectivity index (χ1) is 9.16. The Balaban J connectivity index is 1.90. The Hall–Kier alpha value is -1.11. The first kappa shape index (κ1) is 12.9. The van der Waals surface area contributed by atoms with Crippen molar-refractivity contribution in [2.24, 2.45) is 0 Å². The van der Waals surface area contributed by atoms with Crippen molar-refractivity contribution >= 4 is 33.2 Å². The van der Waals surface area contributed by atoms with Gasteiger partial charge in [0.15, 0.2) is 0 Å².